The van der Waals surface area contributed by atoms with Crippen LogP contribution in [0, 0.1) is 11.3 Å². The first-order valence-corrected chi connectivity index (χ1v) is 7.89. The van der Waals surface area contributed by atoms with Gasteiger partial charge in [0.05, 0.1) is 22.4 Å². The molecule has 3 rings (SSSR count). The van der Waals surface area contributed by atoms with Crippen LogP contribution in [-0.4, -0.2) is 14.7 Å². The van der Waals surface area contributed by atoms with E-state index in [0.29, 0.717) is 12.0 Å². The predicted octanol–water partition coefficient (Wildman–Crippen LogP) is 3.64. The minimum atomic E-state index is -4.50. The lowest BCUT2D eigenvalue weighted by Crippen LogP contribution is -2.21. The maximum Gasteiger partial charge on any atom is 0.417 e. The Morgan fingerprint density at radius 2 is 2.05 bits per heavy atom. The molecule has 0 aliphatic carbocycles. The highest BCUT2D eigenvalue weighted by atomic mass is 32.2. The molecular weight excluding hydrogens is 299 g/mol. The second-order valence-corrected chi connectivity index (χ2v) is 7.26. The average molecular weight is 311 g/mol. The number of nitrogens with zero attached hydrogens (tertiary/aromatic N) is 1. The lowest BCUT2D eigenvalue weighted by Gasteiger charge is -2.22. The summed E-state index contributed by atoms with van der Waals surface area (Å²) in [6, 6.07) is 5.39. The maximum absolute atomic E-state index is 13.2. The van der Waals surface area contributed by atoms with Crippen molar-refractivity contribution in [2.75, 3.05) is 0 Å². The summed E-state index contributed by atoms with van der Waals surface area (Å²) >= 11 is 0. The monoisotopic (exact) mass is 311 g/mol. The number of allylic oxidation sites excluding steroid dienone is 1. The molecule has 3 unspecified atom stereocenters. The van der Waals surface area contributed by atoms with Gasteiger partial charge in [0.15, 0.2) is 0 Å². The van der Waals surface area contributed by atoms with E-state index in [-0.39, 0.29) is 21.6 Å². The van der Waals surface area contributed by atoms with Gasteiger partial charge >= 0.3 is 6.18 Å². The van der Waals surface area contributed by atoms with E-state index in [2.05, 4.69) is 0 Å². The SMILES string of the molecule is N#Cc1ccc(C2=CC3CCC(C2)S3=O)c(C(F)(F)F)c1. The fourth-order valence-electron chi connectivity index (χ4n) is 3.03. The third-order valence-electron chi connectivity index (χ3n) is 4.03. The van der Waals surface area contributed by atoms with Crippen LogP contribution in [0.25, 0.3) is 5.57 Å². The minimum Gasteiger partial charge on any atom is -0.259 e. The molecule has 1 saturated heterocycles. The summed E-state index contributed by atoms with van der Waals surface area (Å²) in [4.78, 5) is 0. The molecule has 2 nitrogen and oxygen atoms in total. The molecular formula is C15H12F3NOS. The average Bonchev–Trinajstić information content (AvgIpc) is 2.66. The Balaban J connectivity index is 2.09. The molecule has 3 atom stereocenters. The molecule has 0 saturated carbocycles. The number of benzene rings is 1. The first-order chi connectivity index (χ1) is 9.90. The summed E-state index contributed by atoms with van der Waals surface area (Å²) in [6.07, 6.45) is -0.777. The topological polar surface area (TPSA) is 40.9 Å². The van der Waals surface area contributed by atoms with E-state index in [1.54, 1.807) is 12.1 Å². The molecule has 6 heteroatoms. The Hall–Kier alpha value is -1.61. The highest BCUT2D eigenvalue weighted by molar-refractivity contribution is 7.86. The molecule has 0 amide bonds. The van der Waals surface area contributed by atoms with Gasteiger partial charge in [-0.3, -0.25) is 4.21 Å². The second-order valence-electron chi connectivity index (χ2n) is 5.33. The summed E-state index contributed by atoms with van der Waals surface area (Å²) in [5.74, 6) is 0. The molecule has 2 aliphatic heterocycles. The van der Waals surface area contributed by atoms with Crippen molar-refractivity contribution in [1.82, 2.24) is 0 Å². The van der Waals surface area contributed by atoms with Crippen LogP contribution < -0.4 is 0 Å². The van der Waals surface area contributed by atoms with Gasteiger partial charge in [-0.05, 0) is 42.5 Å². The fraction of sp³-hybridized carbons (Fsp3) is 0.400. The summed E-state index contributed by atoms with van der Waals surface area (Å²) in [5, 5.41) is 8.62. The molecule has 0 spiro atoms. The zero-order valence-electron chi connectivity index (χ0n) is 11.0. The van der Waals surface area contributed by atoms with Gasteiger partial charge in [-0.15, -0.1) is 0 Å². The van der Waals surface area contributed by atoms with E-state index < -0.39 is 22.5 Å². The van der Waals surface area contributed by atoms with Crippen LogP contribution in [0.3, 0.4) is 0 Å². The Labute approximate surface area is 122 Å². The molecule has 110 valence electrons. The molecule has 2 aliphatic rings. The van der Waals surface area contributed by atoms with E-state index in [1.807, 2.05) is 0 Å². The van der Waals surface area contributed by atoms with Gasteiger partial charge in [0.25, 0.3) is 0 Å². The maximum atomic E-state index is 13.2. The van der Waals surface area contributed by atoms with Crippen molar-refractivity contribution in [2.24, 2.45) is 0 Å². The third-order valence-corrected chi connectivity index (χ3v) is 6.06. The highest BCUT2D eigenvalue weighted by Gasteiger charge is 2.39. The standard InChI is InChI=1S/C15H12F3NOS/c16-15(17,18)14-5-9(8-19)1-4-13(14)10-6-11-2-3-12(7-10)21(11)20/h1,4-6,11-12H,2-3,7H2. The molecule has 21 heavy (non-hydrogen) atoms. The van der Waals surface area contributed by atoms with Crippen molar-refractivity contribution in [3.8, 4) is 6.07 Å². The first kappa shape index (κ1) is 14.3. The van der Waals surface area contributed by atoms with Gasteiger partial charge in [0.1, 0.15) is 0 Å². The van der Waals surface area contributed by atoms with Gasteiger partial charge in [-0.25, -0.2) is 0 Å². The Morgan fingerprint density at radius 1 is 1.29 bits per heavy atom. The Bertz CT molecular complexity index is 687. The van der Waals surface area contributed by atoms with Crippen LogP contribution >= 0.6 is 0 Å². The lowest BCUT2D eigenvalue weighted by molar-refractivity contribution is -0.137. The smallest absolute Gasteiger partial charge is 0.259 e. The molecule has 0 radical (unpaired) electrons. The van der Waals surface area contributed by atoms with Crippen LogP contribution in [-0.2, 0) is 17.0 Å². The van der Waals surface area contributed by atoms with E-state index in [0.717, 1.165) is 18.9 Å². The number of rotatable bonds is 1. The summed E-state index contributed by atoms with van der Waals surface area (Å²) in [7, 11) is -0.957. The zero-order valence-corrected chi connectivity index (χ0v) is 11.8. The van der Waals surface area contributed by atoms with Crippen molar-refractivity contribution >= 4 is 16.4 Å². The van der Waals surface area contributed by atoms with Crippen molar-refractivity contribution < 1.29 is 17.4 Å². The van der Waals surface area contributed by atoms with Crippen molar-refractivity contribution in [2.45, 2.75) is 35.9 Å². The zero-order chi connectivity index (χ0) is 15.2. The van der Waals surface area contributed by atoms with Gasteiger partial charge < -0.3 is 0 Å². The number of fused-ring (bicyclic) bond motifs is 2. The minimum absolute atomic E-state index is 0.00553. The van der Waals surface area contributed by atoms with Crippen molar-refractivity contribution in [1.29, 1.82) is 5.26 Å². The van der Waals surface area contributed by atoms with Crippen molar-refractivity contribution in [3.05, 3.63) is 41.0 Å². The fourth-order valence-corrected chi connectivity index (χ4v) is 4.90. The van der Waals surface area contributed by atoms with Gasteiger partial charge in [0, 0.05) is 16.0 Å². The molecule has 0 aromatic heterocycles. The first-order valence-electron chi connectivity index (χ1n) is 6.62. The molecule has 2 bridgehead atoms. The quantitative estimate of drug-likeness (QED) is 0.794. The number of nitriles is 1. The number of halogens is 3. The Kier molecular flexibility index (Phi) is 3.40. The number of alkyl halides is 3. The molecule has 1 aromatic rings. The van der Waals surface area contributed by atoms with Crippen LogP contribution in [0.2, 0.25) is 0 Å². The van der Waals surface area contributed by atoms with Crippen LogP contribution in [0.15, 0.2) is 24.3 Å². The second kappa shape index (κ2) is 4.99. The van der Waals surface area contributed by atoms with E-state index in [4.69, 9.17) is 5.26 Å². The summed E-state index contributed by atoms with van der Waals surface area (Å²) in [6.45, 7) is 0. The Morgan fingerprint density at radius 3 is 2.67 bits per heavy atom. The molecule has 1 aromatic carbocycles. The predicted molar refractivity (Wildman–Crippen MR) is 73.7 cm³/mol. The van der Waals surface area contributed by atoms with Crippen LogP contribution in [0.5, 0.6) is 0 Å². The highest BCUT2D eigenvalue weighted by Crippen LogP contribution is 2.42. The van der Waals surface area contributed by atoms with Gasteiger partial charge in [0.2, 0.25) is 0 Å². The third kappa shape index (κ3) is 2.51. The van der Waals surface area contributed by atoms with Gasteiger partial charge in [-0.2, -0.15) is 18.4 Å². The van der Waals surface area contributed by atoms with Crippen LogP contribution in [0.1, 0.15) is 36.0 Å². The largest absolute Gasteiger partial charge is 0.417 e. The summed E-state index contributed by atoms with van der Waals surface area (Å²) < 4.78 is 51.6. The van der Waals surface area contributed by atoms with E-state index in [9.17, 15) is 17.4 Å². The van der Waals surface area contributed by atoms with Gasteiger partial charge in [-0.1, -0.05) is 12.1 Å². The normalized spacial score (nSPS) is 28.1. The number of hydrogen-bond acceptors (Lipinski definition) is 2. The van der Waals surface area contributed by atoms with E-state index in [1.165, 1.54) is 12.1 Å². The summed E-state index contributed by atoms with van der Waals surface area (Å²) in [5.41, 5.74) is -0.0528. The molecule has 1 fully saturated rings. The van der Waals surface area contributed by atoms with Crippen LogP contribution in [0.4, 0.5) is 13.2 Å². The molecule has 2 heterocycles. The molecule has 0 N–H and O–H groups in total. The number of hydrogen-bond donors (Lipinski definition) is 0. The lowest BCUT2D eigenvalue weighted by atomic mass is 9.94. The van der Waals surface area contributed by atoms with E-state index >= 15 is 0 Å². The van der Waals surface area contributed by atoms with Crippen molar-refractivity contribution in [3.63, 3.8) is 0 Å².